The fourth-order valence-electron chi connectivity index (χ4n) is 4.62. The molecule has 0 bridgehead atoms. The summed E-state index contributed by atoms with van der Waals surface area (Å²) in [5, 5.41) is 0. The van der Waals surface area contributed by atoms with Crippen LogP contribution >= 0.6 is 0 Å². The molecule has 0 atom stereocenters. The molecule has 1 aromatic heterocycles. The van der Waals surface area contributed by atoms with Crippen LogP contribution in [0, 0.1) is 0 Å². The number of benzene rings is 1. The smallest absolute Gasteiger partial charge is 0.127 e. The van der Waals surface area contributed by atoms with Crippen LogP contribution in [0.15, 0.2) is 36.5 Å². The van der Waals surface area contributed by atoms with Gasteiger partial charge in [0, 0.05) is 24.8 Å². The van der Waals surface area contributed by atoms with Crippen LogP contribution in [-0.4, -0.2) is 24.1 Å². The Hall–Kier alpha value is -2.07. The third-order valence-electron chi connectivity index (χ3n) is 5.84. The van der Waals surface area contributed by atoms with Crippen LogP contribution < -0.4 is 9.47 Å². The lowest BCUT2D eigenvalue weighted by molar-refractivity contribution is 0.0519. The average Bonchev–Trinajstić information content (AvgIpc) is 2.96. The highest BCUT2D eigenvalue weighted by Gasteiger charge is 2.48. The second-order valence-electron chi connectivity index (χ2n) is 7.13. The summed E-state index contributed by atoms with van der Waals surface area (Å²) in [4.78, 5) is 7.31. The minimum Gasteiger partial charge on any atom is -0.497 e. The molecule has 2 heterocycles. The number of pyridine rings is 1. The molecule has 0 N–H and O–H groups in total. The van der Waals surface area contributed by atoms with Crippen molar-refractivity contribution in [3.05, 3.63) is 53.3 Å². The van der Waals surface area contributed by atoms with Crippen LogP contribution in [0.2, 0.25) is 0 Å². The largest absolute Gasteiger partial charge is 0.497 e. The summed E-state index contributed by atoms with van der Waals surface area (Å²) < 4.78 is 11.0. The topological polar surface area (TPSA) is 34.6 Å². The van der Waals surface area contributed by atoms with Gasteiger partial charge in [-0.05, 0) is 36.6 Å². The van der Waals surface area contributed by atoms with Gasteiger partial charge < -0.3 is 9.47 Å². The van der Waals surface area contributed by atoms with E-state index in [-0.39, 0.29) is 5.54 Å². The molecular formula is C21H26N2O2. The Bertz CT molecular complexity index is 736. The second-order valence-corrected chi connectivity index (χ2v) is 7.13. The highest BCUT2D eigenvalue weighted by atomic mass is 16.5. The molecule has 132 valence electrons. The first-order valence-corrected chi connectivity index (χ1v) is 9.17. The van der Waals surface area contributed by atoms with Gasteiger partial charge in [0.1, 0.15) is 11.5 Å². The summed E-state index contributed by atoms with van der Waals surface area (Å²) in [6.07, 6.45) is 8.14. The number of fused-ring (bicyclic) bond motifs is 2. The van der Waals surface area contributed by atoms with Gasteiger partial charge in [0.2, 0.25) is 0 Å². The van der Waals surface area contributed by atoms with Crippen LogP contribution in [0.5, 0.6) is 11.5 Å². The van der Waals surface area contributed by atoms with Crippen molar-refractivity contribution in [1.29, 1.82) is 0 Å². The van der Waals surface area contributed by atoms with Gasteiger partial charge in [-0.3, -0.25) is 9.88 Å². The van der Waals surface area contributed by atoms with Crippen molar-refractivity contribution in [2.45, 2.75) is 50.7 Å². The predicted molar refractivity (Wildman–Crippen MR) is 97.8 cm³/mol. The number of nitrogens with zero attached hydrogens (tertiary/aromatic N) is 2. The summed E-state index contributed by atoms with van der Waals surface area (Å²) in [6.45, 7) is 1.84. The van der Waals surface area contributed by atoms with Gasteiger partial charge in [0.05, 0.1) is 25.5 Å². The van der Waals surface area contributed by atoms with Gasteiger partial charge in [0.15, 0.2) is 0 Å². The summed E-state index contributed by atoms with van der Waals surface area (Å²) in [5.41, 5.74) is 3.92. The first-order valence-electron chi connectivity index (χ1n) is 9.17. The minimum absolute atomic E-state index is 0.0765. The third kappa shape index (κ3) is 2.78. The fraction of sp³-hybridized carbons (Fsp3) is 0.476. The first kappa shape index (κ1) is 16.4. The summed E-state index contributed by atoms with van der Waals surface area (Å²) >= 11 is 0. The molecule has 25 heavy (non-hydrogen) atoms. The van der Waals surface area contributed by atoms with Crippen LogP contribution in [-0.2, 0) is 18.6 Å². The van der Waals surface area contributed by atoms with Crippen molar-refractivity contribution in [2.24, 2.45) is 0 Å². The van der Waals surface area contributed by atoms with Crippen molar-refractivity contribution < 1.29 is 9.47 Å². The van der Waals surface area contributed by atoms with Crippen molar-refractivity contribution in [1.82, 2.24) is 9.88 Å². The lowest BCUT2D eigenvalue weighted by Crippen LogP contribution is -2.42. The SMILES string of the molecule is COc1ccc(CN2Cc3nccc(OC)c3C23CCCCC3)cc1. The molecule has 1 aromatic carbocycles. The van der Waals surface area contributed by atoms with Crippen molar-refractivity contribution in [2.75, 3.05) is 14.2 Å². The number of rotatable bonds is 4. The minimum atomic E-state index is 0.0765. The Labute approximate surface area is 149 Å². The molecule has 1 fully saturated rings. The molecule has 1 aliphatic carbocycles. The molecule has 0 radical (unpaired) electrons. The molecule has 1 aliphatic heterocycles. The fourth-order valence-corrected chi connectivity index (χ4v) is 4.62. The highest BCUT2D eigenvalue weighted by Crippen LogP contribution is 2.51. The first-order chi connectivity index (χ1) is 12.3. The Morgan fingerprint density at radius 3 is 2.44 bits per heavy atom. The highest BCUT2D eigenvalue weighted by molar-refractivity contribution is 5.45. The van der Waals surface area contributed by atoms with E-state index in [4.69, 9.17) is 14.5 Å². The molecule has 4 heteroatoms. The molecule has 4 nitrogen and oxygen atoms in total. The van der Waals surface area contributed by atoms with Gasteiger partial charge >= 0.3 is 0 Å². The molecule has 1 spiro atoms. The molecule has 0 unspecified atom stereocenters. The molecule has 1 saturated carbocycles. The van der Waals surface area contributed by atoms with E-state index in [0.717, 1.165) is 24.6 Å². The number of aromatic nitrogens is 1. The van der Waals surface area contributed by atoms with Crippen LogP contribution in [0.4, 0.5) is 0 Å². The molecular weight excluding hydrogens is 312 g/mol. The lowest BCUT2D eigenvalue weighted by atomic mass is 9.76. The molecule has 0 amide bonds. The van der Waals surface area contributed by atoms with Crippen LogP contribution in [0.3, 0.4) is 0 Å². The standard InChI is InChI=1S/C21H26N2O2/c1-24-17-8-6-16(7-9-17)14-23-15-18-20(19(25-2)10-13-22-18)21(23)11-4-3-5-12-21/h6-10,13H,3-5,11-12,14-15H2,1-2H3. The second kappa shape index (κ2) is 6.68. The maximum atomic E-state index is 5.73. The Balaban J connectivity index is 1.69. The predicted octanol–water partition coefficient (Wildman–Crippen LogP) is 4.27. The van der Waals surface area contributed by atoms with Gasteiger partial charge in [-0.2, -0.15) is 0 Å². The molecule has 0 saturated heterocycles. The quantitative estimate of drug-likeness (QED) is 0.834. The lowest BCUT2D eigenvalue weighted by Gasteiger charge is -2.42. The summed E-state index contributed by atoms with van der Waals surface area (Å²) in [6, 6.07) is 10.5. The normalized spacial score (nSPS) is 19.0. The van der Waals surface area contributed by atoms with Crippen LogP contribution in [0.1, 0.15) is 48.9 Å². The molecule has 4 rings (SSSR count). The Kier molecular flexibility index (Phi) is 4.38. The number of methoxy groups -OCH3 is 2. The van der Waals surface area contributed by atoms with Gasteiger partial charge in [0.25, 0.3) is 0 Å². The van der Waals surface area contributed by atoms with E-state index in [0.29, 0.717) is 0 Å². The zero-order valence-corrected chi connectivity index (χ0v) is 15.1. The zero-order valence-electron chi connectivity index (χ0n) is 15.1. The van der Waals surface area contributed by atoms with E-state index in [9.17, 15) is 0 Å². The number of hydrogen-bond acceptors (Lipinski definition) is 4. The summed E-state index contributed by atoms with van der Waals surface area (Å²) in [7, 11) is 3.49. The van der Waals surface area contributed by atoms with E-state index >= 15 is 0 Å². The molecule has 2 aromatic rings. The number of hydrogen-bond donors (Lipinski definition) is 0. The van der Waals surface area contributed by atoms with Gasteiger partial charge in [-0.15, -0.1) is 0 Å². The molecule has 2 aliphatic rings. The summed E-state index contributed by atoms with van der Waals surface area (Å²) in [5.74, 6) is 1.91. The van der Waals surface area contributed by atoms with Crippen molar-refractivity contribution in [3.8, 4) is 11.5 Å². The Morgan fingerprint density at radius 1 is 1.00 bits per heavy atom. The van der Waals surface area contributed by atoms with Crippen LogP contribution in [0.25, 0.3) is 0 Å². The van der Waals surface area contributed by atoms with E-state index in [1.54, 1.807) is 14.2 Å². The maximum Gasteiger partial charge on any atom is 0.127 e. The van der Waals surface area contributed by atoms with E-state index in [1.165, 1.54) is 48.9 Å². The zero-order chi connectivity index (χ0) is 17.3. The van der Waals surface area contributed by atoms with E-state index < -0.39 is 0 Å². The van der Waals surface area contributed by atoms with Gasteiger partial charge in [-0.1, -0.05) is 31.4 Å². The average molecular weight is 338 g/mol. The monoisotopic (exact) mass is 338 g/mol. The van der Waals surface area contributed by atoms with Crippen molar-refractivity contribution in [3.63, 3.8) is 0 Å². The Morgan fingerprint density at radius 2 is 1.76 bits per heavy atom. The van der Waals surface area contributed by atoms with Crippen molar-refractivity contribution >= 4 is 0 Å². The third-order valence-corrected chi connectivity index (χ3v) is 5.84. The number of ether oxygens (including phenoxy) is 2. The van der Waals surface area contributed by atoms with E-state index in [1.807, 2.05) is 24.4 Å². The van der Waals surface area contributed by atoms with Gasteiger partial charge in [-0.25, -0.2) is 0 Å². The maximum absolute atomic E-state index is 5.73. The van der Waals surface area contributed by atoms with E-state index in [2.05, 4.69) is 17.0 Å².